The van der Waals surface area contributed by atoms with Crippen LogP contribution in [0.25, 0.3) is 11.0 Å². The van der Waals surface area contributed by atoms with E-state index in [0.717, 1.165) is 36.2 Å². The van der Waals surface area contributed by atoms with E-state index in [0.29, 0.717) is 0 Å². The molecule has 1 aromatic heterocycles. The predicted molar refractivity (Wildman–Crippen MR) is 65.0 cm³/mol. The van der Waals surface area contributed by atoms with Gasteiger partial charge in [-0.05, 0) is 43.3 Å². The van der Waals surface area contributed by atoms with Gasteiger partial charge in [0, 0.05) is 5.39 Å². The minimum atomic E-state index is 0.874. The molecule has 0 radical (unpaired) electrons. The molecule has 0 unspecified atom stereocenters. The predicted octanol–water partition coefficient (Wildman–Crippen LogP) is 2.59. The molecule has 0 amide bonds. The molecule has 0 saturated heterocycles. The number of nitrogens with one attached hydrogen (secondary N) is 1. The van der Waals surface area contributed by atoms with Gasteiger partial charge >= 0.3 is 0 Å². The van der Waals surface area contributed by atoms with E-state index in [1.165, 1.54) is 5.56 Å². The highest BCUT2D eigenvalue weighted by Crippen LogP contribution is 2.25. The van der Waals surface area contributed by atoms with Gasteiger partial charge in [0.15, 0.2) is 0 Å². The van der Waals surface area contributed by atoms with Crippen LogP contribution in [0.5, 0.6) is 5.75 Å². The van der Waals surface area contributed by atoms with Crippen molar-refractivity contribution in [1.82, 2.24) is 5.32 Å². The van der Waals surface area contributed by atoms with Crippen molar-refractivity contribution < 1.29 is 9.15 Å². The second-order valence-corrected chi connectivity index (χ2v) is 3.73. The molecular formula is C13H17NO2. The van der Waals surface area contributed by atoms with Gasteiger partial charge in [0.25, 0.3) is 0 Å². The second kappa shape index (κ2) is 5.03. The lowest BCUT2D eigenvalue weighted by atomic mass is 10.1. The summed E-state index contributed by atoms with van der Waals surface area (Å²) < 4.78 is 10.7. The van der Waals surface area contributed by atoms with Crippen LogP contribution in [0.15, 0.2) is 28.9 Å². The van der Waals surface area contributed by atoms with Crippen LogP contribution in [0.4, 0.5) is 0 Å². The lowest BCUT2D eigenvalue weighted by molar-refractivity contribution is 0.415. The highest BCUT2D eigenvalue weighted by molar-refractivity contribution is 5.82. The summed E-state index contributed by atoms with van der Waals surface area (Å²) in [5.41, 5.74) is 2.15. The Labute approximate surface area is 95.4 Å². The fraction of sp³-hybridized carbons (Fsp3) is 0.385. The van der Waals surface area contributed by atoms with Crippen LogP contribution in [-0.2, 0) is 6.42 Å². The summed E-state index contributed by atoms with van der Waals surface area (Å²) in [6.07, 6.45) is 2.81. The zero-order valence-electron chi connectivity index (χ0n) is 9.75. The monoisotopic (exact) mass is 219 g/mol. The summed E-state index contributed by atoms with van der Waals surface area (Å²) >= 11 is 0. The van der Waals surface area contributed by atoms with Crippen LogP contribution in [-0.4, -0.2) is 20.2 Å². The first-order valence-corrected chi connectivity index (χ1v) is 5.60. The third kappa shape index (κ3) is 2.19. The number of hydrogen-bond donors (Lipinski definition) is 1. The van der Waals surface area contributed by atoms with Gasteiger partial charge in [0.1, 0.15) is 11.3 Å². The normalized spacial score (nSPS) is 10.9. The summed E-state index contributed by atoms with van der Waals surface area (Å²) in [7, 11) is 1.68. The average Bonchev–Trinajstić information content (AvgIpc) is 2.72. The molecule has 1 N–H and O–H groups in total. The van der Waals surface area contributed by atoms with E-state index < -0.39 is 0 Å². The van der Waals surface area contributed by atoms with Gasteiger partial charge in [-0.15, -0.1) is 0 Å². The summed E-state index contributed by atoms with van der Waals surface area (Å²) in [5.74, 6) is 0.874. The molecule has 16 heavy (non-hydrogen) atoms. The number of ether oxygens (including phenoxy) is 1. The minimum Gasteiger partial charge on any atom is -0.497 e. The third-order valence-electron chi connectivity index (χ3n) is 2.68. The molecule has 0 aliphatic carbocycles. The molecule has 3 heteroatoms. The topological polar surface area (TPSA) is 34.4 Å². The van der Waals surface area contributed by atoms with Crippen molar-refractivity contribution in [3.05, 3.63) is 30.0 Å². The van der Waals surface area contributed by atoms with E-state index in [1.807, 2.05) is 24.5 Å². The fourth-order valence-electron chi connectivity index (χ4n) is 1.78. The average molecular weight is 219 g/mol. The van der Waals surface area contributed by atoms with E-state index in [9.17, 15) is 0 Å². The van der Waals surface area contributed by atoms with Crippen LogP contribution in [0.2, 0.25) is 0 Å². The van der Waals surface area contributed by atoms with Gasteiger partial charge in [0.05, 0.1) is 13.4 Å². The van der Waals surface area contributed by atoms with Crippen LogP contribution >= 0.6 is 0 Å². The number of benzene rings is 1. The lowest BCUT2D eigenvalue weighted by Gasteiger charge is -2.01. The minimum absolute atomic E-state index is 0.874. The van der Waals surface area contributed by atoms with E-state index in [4.69, 9.17) is 9.15 Å². The molecule has 0 bridgehead atoms. The van der Waals surface area contributed by atoms with Crippen LogP contribution in [0.3, 0.4) is 0 Å². The molecule has 0 atom stereocenters. The summed E-state index contributed by atoms with van der Waals surface area (Å²) in [6.45, 7) is 4.08. The van der Waals surface area contributed by atoms with Crippen LogP contribution < -0.4 is 10.1 Å². The molecular weight excluding hydrogens is 202 g/mol. The maximum absolute atomic E-state index is 5.50. The highest BCUT2D eigenvalue weighted by atomic mass is 16.5. The third-order valence-corrected chi connectivity index (χ3v) is 2.68. The Kier molecular flexibility index (Phi) is 3.47. The number of rotatable bonds is 5. The van der Waals surface area contributed by atoms with Crippen molar-refractivity contribution in [1.29, 1.82) is 0 Å². The molecule has 0 spiro atoms. The quantitative estimate of drug-likeness (QED) is 0.785. The maximum atomic E-state index is 5.50. The Morgan fingerprint density at radius 1 is 1.38 bits per heavy atom. The zero-order chi connectivity index (χ0) is 11.4. The fourth-order valence-corrected chi connectivity index (χ4v) is 1.78. The Hall–Kier alpha value is -1.48. The number of likely N-dealkylation sites (N-methyl/N-ethyl adjacent to an activating group) is 1. The molecule has 0 saturated carbocycles. The molecule has 0 aliphatic heterocycles. The van der Waals surface area contributed by atoms with Crippen molar-refractivity contribution in [2.24, 2.45) is 0 Å². The van der Waals surface area contributed by atoms with Crippen molar-refractivity contribution in [2.75, 3.05) is 20.2 Å². The molecule has 1 aromatic carbocycles. The molecule has 86 valence electrons. The first-order valence-electron chi connectivity index (χ1n) is 5.60. The first-order chi connectivity index (χ1) is 7.85. The van der Waals surface area contributed by atoms with Crippen molar-refractivity contribution in [2.45, 2.75) is 13.3 Å². The summed E-state index contributed by atoms with van der Waals surface area (Å²) in [6, 6.07) is 5.89. The molecule has 2 rings (SSSR count). The molecule has 0 aliphatic rings. The van der Waals surface area contributed by atoms with Crippen molar-refractivity contribution in [3.8, 4) is 5.75 Å². The van der Waals surface area contributed by atoms with E-state index in [-0.39, 0.29) is 0 Å². The van der Waals surface area contributed by atoms with Gasteiger partial charge in [-0.1, -0.05) is 6.92 Å². The Balaban J connectivity index is 2.24. The summed E-state index contributed by atoms with van der Waals surface area (Å²) in [5, 5.41) is 4.46. The van der Waals surface area contributed by atoms with Gasteiger partial charge < -0.3 is 14.5 Å². The van der Waals surface area contributed by atoms with Crippen LogP contribution in [0.1, 0.15) is 12.5 Å². The number of methoxy groups -OCH3 is 1. The molecule has 1 heterocycles. The Bertz CT molecular complexity index is 462. The highest BCUT2D eigenvalue weighted by Gasteiger charge is 2.06. The van der Waals surface area contributed by atoms with Crippen molar-refractivity contribution in [3.63, 3.8) is 0 Å². The zero-order valence-corrected chi connectivity index (χ0v) is 9.75. The first kappa shape index (κ1) is 11.0. The molecule has 3 nitrogen and oxygen atoms in total. The van der Waals surface area contributed by atoms with E-state index in [1.54, 1.807) is 7.11 Å². The number of furan rings is 1. The van der Waals surface area contributed by atoms with Gasteiger partial charge in [-0.2, -0.15) is 0 Å². The molecule has 2 aromatic rings. The smallest absolute Gasteiger partial charge is 0.134 e. The van der Waals surface area contributed by atoms with Crippen molar-refractivity contribution >= 4 is 11.0 Å². The van der Waals surface area contributed by atoms with Gasteiger partial charge in [-0.3, -0.25) is 0 Å². The van der Waals surface area contributed by atoms with E-state index in [2.05, 4.69) is 12.2 Å². The van der Waals surface area contributed by atoms with Gasteiger partial charge in [-0.25, -0.2) is 0 Å². The number of hydrogen-bond acceptors (Lipinski definition) is 3. The largest absolute Gasteiger partial charge is 0.497 e. The van der Waals surface area contributed by atoms with E-state index >= 15 is 0 Å². The second-order valence-electron chi connectivity index (χ2n) is 3.73. The molecule has 0 fully saturated rings. The number of fused-ring (bicyclic) bond motifs is 1. The van der Waals surface area contributed by atoms with Gasteiger partial charge in [0.2, 0.25) is 0 Å². The lowest BCUT2D eigenvalue weighted by Crippen LogP contribution is -2.15. The SMILES string of the molecule is CCNCCc1coc2ccc(OC)cc12. The Morgan fingerprint density at radius 2 is 2.25 bits per heavy atom. The van der Waals surface area contributed by atoms with Crippen LogP contribution in [0, 0.1) is 0 Å². The Morgan fingerprint density at radius 3 is 3.00 bits per heavy atom. The maximum Gasteiger partial charge on any atom is 0.134 e. The summed E-state index contributed by atoms with van der Waals surface area (Å²) in [4.78, 5) is 0. The standard InChI is InChI=1S/C13H17NO2/c1-3-14-7-6-10-9-16-13-5-4-11(15-2)8-12(10)13/h4-5,8-9,14H,3,6-7H2,1-2H3.